The van der Waals surface area contributed by atoms with E-state index in [1.165, 1.54) is 25.9 Å². The van der Waals surface area contributed by atoms with E-state index < -0.39 is 0 Å². The second kappa shape index (κ2) is 3.18. The van der Waals surface area contributed by atoms with Crippen molar-refractivity contribution in [2.45, 2.75) is 33.6 Å². The average Bonchev–Trinajstić information content (AvgIpc) is 1.86. The Morgan fingerprint density at radius 2 is 1.64 bits per heavy atom. The van der Waals surface area contributed by atoms with Crippen LogP contribution in [0.15, 0.2) is 0 Å². The van der Waals surface area contributed by atoms with Gasteiger partial charge in [0.25, 0.3) is 0 Å². The number of piperidine rings is 1. The van der Waals surface area contributed by atoms with Crippen LogP contribution in [0.1, 0.15) is 33.6 Å². The zero-order valence-corrected chi connectivity index (χ0v) is 8.35. The lowest BCUT2D eigenvalue weighted by Crippen LogP contribution is -2.36. The zero-order chi connectivity index (χ0) is 8.48. The van der Waals surface area contributed by atoms with Crippen molar-refractivity contribution in [3.05, 3.63) is 0 Å². The third-order valence-electron chi connectivity index (χ3n) is 2.94. The van der Waals surface area contributed by atoms with Gasteiger partial charge in [-0.05, 0) is 37.3 Å². The summed E-state index contributed by atoms with van der Waals surface area (Å²) in [6.45, 7) is 9.68. The largest absolute Gasteiger partial charge is 0.349 e. The van der Waals surface area contributed by atoms with Gasteiger partial charge in [-0.1, -0.05) is 20.8 Å². The first-order valence-corrected chi connectivity index (χ1v) is 4.68. The van der Waals surface area contributed by atoms with Crippen molar-refractivity contribution in [3.8, 4) is 0 Å². The minimum Gasteiger partial charge on any atom is -0.349 e. The van der Waals surface area contributed by atoms with Gasteiger partial charge in [-0.25, -0.2) is 0 Å². The van der Waals surface area contributed by atoms with E-state index in [1.54, 1.807) is 0 Å². The molecule has 1 nitrogen and oxygen atoms in total. The number of hydrogen-bond donors (Lipinski definition) is 0. The Balaban J connectivity index is 2.39. The van der Waals surface area contributed by atoms with Gasteiger partial charge in [0.15, 0.2) is 7.98 Å². The smallest absolute Gasteiger partial charge is 0.185 e. The topological polar surface area (TPSA) is 3.24 Å². The molecule has 0 aromatic rings. The SMILES string of the molecule is BN1CCC(C(C)(C)C)CC1. The van der Waals surface area contributed by atoms with Crippen LogP contribution in [0.3, 0.4) is 0 Å². The predicted molar refractivity (Wildman–Crippen MR) is 52.3 cm³/mol. The van der Waals surface area contributed by atoms with Crippen LogP contribution in [0.25, 0.3) is 0 Å². The fourth-order valence-electron chi connectivity index (χ4n) is 1.87. The monoisotopic (exact) mass is 153 g/mol. The van der Waals surface area contributed by atoms with Gasteiger partial charge < -0.3 is 4.81 Å². The van der Waals surface area contributed by atoms with E-state index in [1.807, 2.05) is 0 Å². The maximum absolute atomic E-state index is 2.43. The van der Waals surface area contributed by atoms with E-state index >= 15 is 0 Å². The summed E-state index contributed by atoms with van der Waals surface area (Å²) in [4.78, 5) is 2.43. The number of rotatable bonds is 0. The van der Waals surface area contributed by atoms with Crippen molar-refractivity contribution in [1.29, 1.82) is 0 Å². The van der Waals surface area contributed by atoms with Crippen LogP contribution in [0.2, 0.25) is 0 Å². The van der Waals surface area contributed by atoms with Crippen molar-refractivity contribution >= 4 is 7.98 Å². The lowest BCUT2D eigenvalue weighted by Gasteiger charge is -2.37. The third-order valence-corrected chi connectivity index (χ3v) is 2.94. The normalized spacial score (nSPS) is 23.9. The first-order chi connectivity index (χ1) is 5.00. The van der Waals surface area contributed by atoms with Gasteiger partial charge in [0, 0.05) is 0 Å². The summed E-state index contributed by atoms with van der Waals surface area (Å²) in [5.74, 6) is 0.943. The van der Waals surface area contributed by atoms with Crippen LogP contribution in [0, 0.1) is 11.3 Å². The number of hydrogen-bond acceptors (Lipinski definition) is 1. The maximum atomic E-state index is 2.43. The molecule has 0 spiro atoms. The lowest BCUT2D eigenvalue weighted by atomic mass is 9.75. The van der Waals surface area contributed by atoms with E-state index in [0.717, 1.165) is 5.92 Å². The van der Waals surface area contributed by atoms with E-state index in [-0.39, 0.29) is 0 Å². The molecule has 0 saturated carbocycles. The molecule has 1 saturated heterocycles. The Morgan fingerprint density at radius 3 is 2.00 bits per heavy atom. The highest BCUT2D eigenvalue weighted by molar-refractivity contribution is 6.04. The van der Waals surface area contributed by atoms with Crippen molar-refractivity contribution < 1.29 is 0 Å². The molecule has 11 heavy (non-hydrogen) atoms. The van der Waals surface area contributed by atoms with Gasteiger partial charge >= 0.3 is 0 Å². The first-order valence-electron chi connectivity index (χ1n) is 4.68. The molecule has 0 unspecified atom stereocenters. The molecule has 1 aliphatic rings. The minimum absolute atomic E-state index is 0.529. The van der Waals surface area contributed by atoms with Crippen LogP contribution in [0.4, 0.5) is 0 Å². The molecule has 1 aliphatic heterocycles. The Morgan fingerprint density at radius 1 is 1.18 bits per heavy atom. The molecule has 1 fully saturated rings. The fourth-order valence-corrected chi connectivity index (χ4v) is 1.87. The van der Waals surface area contributed by atoms with Crippen molar-refractivity contribution in [2.24, 2.45) is 11.3 Å². The second-order valence-electron chi connectivity index (χ2n) is 4.94. The highest BCUT2D eigenvalue weighted by Gasteiger charge is 2.27. The molecule has 64 valence electrons. The van der Waals surface area contributed by atoms with Gasteiger partial charge in [0.05, 0.1) is 0 Å². The molecule has 0 N–H and O–H groups in total. The van der Waals surface area contributed by atoms with Crippen LogP contribution < -0.4 is 0 Å². The minimum atomic E-state index is 0.529. The Bertz CT molecular complexity index is 120. The molecule has 0 bridgehead atoms. The molecule has 0 aromatic carbocycles. The molecular weight excluding hydrogens is 133 g/mol. The molecule has 0 atom stereocenters. The van der Waals surface area contributed by atoms with Crippen LogP contribution in [-0.4, -0.2) is 25.9 Å². The van der Waals surface area contributed by atoms with E-state index in [2.05, 4.69) is 33.6 Å². The summed E-state index contributed by atoms with van der Waals surface area (Å²) in [7, 11) is 2.22. The van der Waals surface area contributed by atoms with E-state index in [0.29, 0.717) is 5.41 Å². The molecule has 2 heteroatoms. The molecule has 0 aliphatic carbocycles. The summed E-state index contributed by atoms with van der Waals surface area (Å²) in [5, 5.41) is 0. The zero-order valence-electron chi connectivity index (χ0n) is 8.35. The van der Waals surface area contributed by atoms with E-state index in [9.17, 15) is 0 Å². The van der Waals surface area contributed by atoms with Crippen molar-refractivity contribution in [3.63, 3.8) is 0 Å². The molecule has 0 amide bonds. The summed E-state index contributed by atoms with van der Waals surface area (Å²) in [5.41, 5.74) is 0.529. The van der Waals surface area contributed by atoms with Gasteiger partial charge in [-0.2, -0.15) is 0 Å². The summed E-state index contributed by atoms with van der Waals surface area (Å²) < 4.78 is 0. The molecule has 1 rings (SSSR count). The summed E-state index contributed by atoms with van der Waals surface area (Å²) >= 11 is 0. The highest BCUT2D eigenvalue weighted by Crippen LogP contribution is 2.33. The average molecular weight is 153 g/mol. The summed E-state index contributed by atoms with van der Waals surface area (Å²) in [6, 6.07) is 0. The highest BCUT2D eigenvalue weighted by atomic mass is 15.0. The van der Waals surface area contributed by atoms with E-state index in [4.69, 9.17) is 0 Å². The predicted octanol–water partition coefficient (Wildman–Crippen LogP) is 1.29. The number of nitrogens with zero attached hydrogens (tertiary/aromatic N) is 1. The van der Waals surface area contributed by atoms with Crippen LogP contribution >= 0.6 is 0 Å². The van der Waals surface area contributed by atoms with Gasteiger partial charge in [-0.15, -0.1) is 0 Å². The molecule has 0 aromatic heterocycles. The van der Waals surface area contributed by atoms with Gasteiger partial charge in [-0.3, -0.25) is 0 Å². The molecular formula is C9H20BN. The third kappa shape index (κ3) is 2.51. The van der Waals surface area contributed by atoms with Gasteiger partial charge in [0.1, 0.15) is 0 Å². The van der Waals surface area contributed by atoms with Crippen molar-refractivity contribution in [2.75, 3.05) is 13.1 Å². The van der Waals surface area contributed by atoms with Crippen LogP contribution in [0.5, 0.6) is 0 Å². The van der Waals surface area contributed by atoms with Gasteiger partial charge in [0.2, 0.25) is 0 Å². The van der Waals surface area contributed by atoms with Crippen molar-refractivity contribution in [1.82, 2.24) is 4.81 Å². The Kier molecular flexibility index (Phi) is 2.63. The Hall–Kier alpha value is 0.0249. The molecule has 0 radical (unpaired) electrons. The standard InChI is InChI=1S/C9H20BN/c1-9(2,3)8-4-6-11(10)7-5-8/h8H,4-7,10H2,1-3H3. The lowest BCUT2D eigenvalue weighted by molar-refractivity contribution is 0.156. The summed E-state index contributed by atoms with van der Waals surface area (Å²) in [6.07, 6.45) is 2.78. The quantitative estimate of drug-likeness (QED) is 0.474. The van der Waals surface area contributed by atoms with Crippen LogP contribution in [-0.2, 0) is 0 Å². The maximum Gasteiger partial charge on any atom is 0.185 e. The Labute approximate surface area is 71.6 Å². The fraction of sp³-hybridized carbons (Fsp3) is 1.00. The molecule has 1 heterocycles. The first kappa shape index (κ1) is 9.12. The second-order valence-corrected chi connectivity index (χ2v) is 4.94.